The minimum absolute atomic E-state index is 0.184. The first kappa shape index (κ1) is 9.44. The minimum atomic E-state index is -0.876. The van der Waals surface area contributed by atoms with Gasteiger partial charge in [0.15, 0.2) is 6.29 Å². The average molecular weight is 175 g/mol. The molecule has 0 saturated carbocycles. The van der Waals surface area contributed by atoms with Crippen LogP contribution in [0, 0.1) is 0 Å². The molecule has 1 heterocycles. The monoisotopic (exact) mass is 175 g/mol. The van der Waals surface area contributed by atoms with Crippen molar-refractivity contribution in [2.45, 2.75) is 31.8 Å². The predicted molar refractivity (Wildman–Crippen MR) is 40.2 cm³/mol. The molecule has 0 bridgehead atoms. The summed E-state index contributed by atoms with van der Waals surface area (Å²) in [5, 5.41) is 20.4. The summed E-state index contributed by atoms with van der Waals surface area (Å²) in [6.07, 6.45) is -1.02. The Morgan fingerprint density at radius 2 is 2.42 bits per heavy atom. The Balaban J connectivity index is 2.46. The molecule has 12 heavy (non-hydrogen) atoms. The molecule has 3 atom stereocenters. The molecule has 70 valence electrons. The van der Waals surface area contributed by atoms with Crippen molar-refractivity contribution in [2.75, 3.05) is 6.61 Å². The van der Waals surface area contributed by atoms with Crippen LogP contribution >= 0.6 is 0 Å². The van der Waals surface area contributed by atoms with E-state index in [2.05, 4.69) is 5.32 Å². The Morgan fingerprint density at radius 1 is 1.75 bits per heavy atom. The van der Waals surface area contributed by atoms with E-state index in [1.807, 2.05) is 0 Å². The molecular formula is C7H13NO4. The first-order valence-corrected chi connectivity index (χ1v) is 3.85. The van der Waals surface area contributed by atoms with Crippen LogP contribution in [0.4, 0.5) is 0 Å². The fraction of sp³-hybridized carbons (Fsp3) is 0.857. The van der Waals surface area contributed by atoms with E-state index >= 15 is 0 Å². The Labute approximate surface area is 70.3 Å². The molecule has 3 N–H and O–H groups in total. The number of aliphatic hydroxyl groups excluding tert-OH is 2. The van der Waals surface area contributed by atoms with Gasteiger partial charge in [0.05, 0.1) is 12.6 Å². The van der Waals surface area contributed by atoms with Gasteiger partial charge in [-0.3, -0.25) is 4.79 Å². The van der Waals surface area contributed by atoms with E-state index in [-0.39, 0.29) is 18.6 Å². The smallest absolute Gasteiger partial charge is 0.217 e. The molecule has 5 nitrogen and oxygen atoms in total. The second-order valence-corrected chi connectivity index (χ2v) is 2.85. The molecule has 0 aromatic heterocycles. The summed E-state index contributed by atoms with van der Waals surface area (Å²) >= 11 is 0. The molecule has 1 saturated heterocycles. The zero-order chi connectivity index (χ0) is 9.14. The zero-order valence-electron chi connectivity index (χ0n) is 6.86. The van der Waals surface area contributed by atoms with Gasteiger partial charge >= 0.3 is 0 Å². The highest BCUT2D eigenvalue weighted by molar-refractivity contribution is 5.73. The van der Waals surface area contributed by atoms with Crippen LogP contribution in [0.15, 0.2) is 0 Å². The molecule has 0 radical (unpaired) electrons. The lowest BCUT2D eigenvalue weighted by atomic mass is 10.1. The number of aliphatic hydroxyl groups is 2. The van der Waals surface area contributed by atoms with Gasteiger partial charge in [-0.05, 0) is 0 Å². The SMILES string of the molecule is CC(=O)N[C@H]1CC(O)O[C@@H]1CO. The van der Waals surface area contributed by atoms with Gasteiger partial charge < -0.3 is 20.3 Å². The van der Waals surface area contributed by atoms with Crippen LogP contribution in [0.1, 0.15) is 13.3 Å². The quantitative estimate of drug-likeness (QED) is 0.482. The second kappa shape index (κ2) is 3.84. The molecule has 1 amide bonds. The number of carbonyl (C=O) groups excluding carboxylic acids is 1. The van der Waals surface area contributed by atoms with Gasteiger partial charge in [0.1, 0.15) is 6.10 Å². The van der Waals surface area contributed by atoms with Crippen molar-refractivity contribution in [1.29, 1.82) is 0 Å². The first-order chi connectivity index (χ1) is 5.63. The predicted octanol–water partition coefficient (Wildman–Crippen LogP) is -1.41. The fourth-order valence-corrected chi connectivity index (χ4v) is 1.30. The highest BCUT2D eigenvalue weighted by Crippen LogP contribution is 2.17. The van der Waals surface area contributed by atoms with E-state index in [4.69, 9.17) is 14.9 Å². The lowest BCUT2D eigenvalue weighted by molar-refractivity contribution is -0.121. The van der Waals surface area contributed by atoms with Crippen LogP contribution in [-0.2, 0) is 9.53 Å². The standard InChI is InChI=1S/C7H13NO4/c1-4(10)8-5-2-7(11)12-6(5)3-9/h5-7,9,11H,2-3H2,1H3,(H,8,10)/t5-,6+,7?/m0/s1. The summed E-state index contributed by atoms with van der Waals surface area (Å²) in [7, 11) is 0. The summed E-state index contributed by atoms with van der Waals surface area (Å²) in [5.74, 6) is -0.184. The molecule has 1 rings (SSSR count). The Bertz CT molecular complexity index is 173. The van der Waals surface area contributed by atoms with Crippen molar-refractivity contribution in [2.24, 2.45) is 0 Å². The third-order valence-electron chi connectivity index (χ3n) is 1.80. The third-order valence-corrected chi connectivity index (χ3v) is 1.80. The van der Waals surface area contributed by atoms with Crippen LogP contribution in [0.25, 0.3) is 0 Å². The number of rotatable bonds is 2. The van der Waals surface area contributed by atoms with Crippen molar-refractivity contribution in [3.63, 3.8) is 0 Å². The van der Waals surface area contributed by atoms with Crippen molar-refractivity contribution in [1.82, 2.24) is 5.32 Å². The van der Waals surface area contributed by atoms with E-state index < -0.39 is 12.4 Å². The highest BCUT2D eigenvalue weighted by Gasteiger charge is 2.33. The molecule has 0 aliphatic carbocycles. The summed E-state index contributed by atoms with van der Waals surface area (Å²) in [6, 6.07) is -0.275. The van der Waals surface area contributed by atoms with Gasteiger partial charge in [-0.2, -0.15) is 0 Å². The number of amides is 1. The highest BCUT2D eigenvalue weighted by atomic mass is 16.6. The van der Waals surface area contributed by atoms with Gasteiger partial charge in [-0.15, -0.1) is 0 Å². The summed E-state index contributed by atoms with van der Waals surface area (Å²) in [5.41, 5.74) is 0. The van der Waals surface area contributed by atoms with Crippen molar-refractivity contribution >= 4 is 5.91 Å². The summed E-state index contributed by atoms with van der Waals surface area (Å²) < 4.78 is 4.91. The Kier molecular flexibility index (Phi) is 3.02. The first-order valence-electron chi connectivity index (χ1n) is 3.85. The Morgan fingerprint density at radius 3 is 2.92 bits per heavy atom. The van der Waals surface area contributed by atoms with Crippen molar-refractivity contribution < 1.29 is 19.7 Å². The molecule has 0 aromatic carbocycles. The third kappa shape index (κ3) is 2.17. The van der Waals surface area contributed by atoms with Crippen LogP contribution in [0.3, 0.4) is 0 Å². The maximum absolute atomic E-state index is 10.6. The van der Waals surface area contributed by atoms with Crippen LogP contribution in [-0.4, -0.2) is 41.2 Å². The van der Waals surface area contributed by atoms with Crippen LogP contribution in [0.5, 0.6) is 0 Å². The van der Waals surface area contributed by atoms with Gasteiger partial charge in [0.2, 0.25) is 5.91 Å². The normalized spacial score (nSPS) is 35.1. The lowest BCUT2D eigenvalue weighted by Crippen LogP contribution is -2.40. The van der Waals surface area contributed by atoms with Crippen molar-refractivity contribution in [3.05, 3.63) is 0 Å². The van der Waals surface area contributed by atoms with Crippen LogP contribution < -0.4 is 5.32 Å². The Hall–Kier alpha value is -0.650. The van der Waals surface area contributed by atoms with Gasteiger partial charge in [0.25, 0.3) is 0 Å². The van der Waals surface area contributed by atoms with Gasteiger partial charge in [-0.1, -0.05) is 0 Å². The largest absolute Gasteiger partial charge is 0.394 e. The van der Waals surface area contributed by atoms with E-state index in [9.17, 15) is 4.79 Å². The molecule has 0 spiro atoms. The summed E-state index contributed by atoms with van der Waals surface area (Å²) in [4.78, 5) is 10.6. The van der Waals surface area contributed by atoms with Gasteiger partial charge in [0, 0.05) is 13.3 Å². The maximum atomic E-state index is 10.6. The lowest BCUT2D eigenvalue weighted by Gasteiger charge is -2.15. The number of nitrogens with one attached hydrogen (secondary N) is 1. The topological polar surface area (TPSA) is 78.8 Å². The van der Waals surface area contributed by atoms with E-state index in [1.54, 1.807) is 0 Å². The van der Waals surface area contributed by atoms with Gasteiger partial charge in [-0.25, -0.2) is 0 Å². The molecule has 0 aromatic rings. The minimum Gasteiger partial charge on any atom is -0.394 e. The second-order valence-electron chi connectivity index (χ2n) is 2.85. The molecule has 1 fully saturated rings. The fourth-order valence-electron chi connectivity index (χ4n) is 1.30. The van der Waals surface area contributed by atoms with E-state index in [0.29, 0.717) is 6.42 Å². The molecule has 5 heteroatoms. The average Bonchev–Trinajstić information content (AvgIpc) is 2.29. The summed E-state index contributed by atoms with van der Waals surface area (Å²) in [6.45, 7) is 1.20. The van der Waals surface area contributed by atoms with E-state index in [1.165, 1.54) is 6.92 Å². The number of hydrogen-bond donors (Lipinski definition) is 3. The molecule has 1 aliphatic rings. The van der Waals surface area contributed by atoms with Crippen LogP contribution in [0.2, 0.25) is 0 Å². The molecule has 1 unspecified atom stereocenters. The maximum Gasteiger partial charge on any atom is 0.217 e. The number of hydrogen-bond acceptors (Lipinski definition) is 4. The molecular weight excluding hydrogens is 162 g/mol. The number of carbonyl (C=O) groups is 1. The molecule has 1 aliphatic heterocycles. The van der Waals surface area contributed by atoms with E-state index in [0.717, 1.165) is 0 Å². The number of ether oxygens (including phenoxy) is 1. The zero-order valence-corrected chi connectivity index (χ0v) is 6.86. The van der Waals surface area contributed by atoms with Crippen molar-refractivity contribution in [3.8, 4) is 0 Å².